The third-order valence-corrected chi connectivity index (χ3v) is 7.20. The Bertz CT molecular complexity index is 1490. The molecule has 0 aliphatic heterocycles. The van der Waals surface area contributed by atoms with Gasteiger partial charge < -0.3 is 0 Å². The monoisotopic (exact) mass is 735 g/mol. The van der Waals surface area contributed by atoms with Gasteiger partial charge in [0.1, 0.15) is 0 Å². The van der Waals surface area contributed by atoms with Crippen molar-refractivity contribution in [2.24, 2.45) is 0 Å². The van der Waals surface area contributed by atoms with Crippen LogP contribution in [0.4, 0.5) is 0 Å². The normalized spacial score (nSPS) is 9.13. The molecule has 0 unspecified atom stereocenters. The van der Waals surface area contributed by atoms with Crippen molar-refractivity contribution in [3.05, 3.63) is 194 Å². The van der Waals surface area contributed by atoms with Crippen LogP contribution in [0.25, 0.3) is 43.1 Å². The van der Waals surface area contributed by atoms with Crippen LogP contribution >= 0.6 is 0 Å². The van der Waals surface area contributed by atoms with Gasteiger partial charge in [-0.2, -0.15) is 0 Å². The van der Waals surface area contributed by atoms with Gasteiger partial charge in [-0.1, -0.05) is 250 Å². The Labute approximate surface area is 336 Å². The summed E-state index contributed by atoms with van der Waals surface area (Å²) in [5.41, 5.74) is 0. The predicted octanol–water partition coefficient (Wildman–Crippen LogP) is 15.5. The minimum absolute atomic E-state index is 1.03. The Morgan fingerprint density at radius 2 is 0.309 bits per heavy atom. The lowest BCUT2D eigenvalue weighted by Gasteiger charge is -2.14. The van der Waals surface area contributed by atoms with Crippen LogP contribution in [0.5, 0.6) is 0 Å². The van der Waals surface area contributed by atoms with E-state index in [0.717, 1.165) is 6.67 Å². The highest BCUT2D eigenvalue weighted by molar-refractivity contribution is 5.84. The molecule has 0 atom stereocenters. The Kier molecular flexibility index (Phi) is 30.1. The summed E-state index contributed by atoms with van der Waals surface area (Å²) >= 11 is 0. The van der Waals surface area contributed by atoms with Crippen molar-refractivity contribution < 1.29 is 0 Å². The highest BCUT2D eigenvalue weighted by atomic mass is 15.2. The van der Waals surface area contributed by atoms with E-state index in [1.165, 1.54) is 43.1 Å². The zero-order valence-electron chi connectivity index (χ0n) is 36.1. The van der Waals surface area contributed by atoms with E-state index in [4.69, 9.17) is 0 Å². The molecule has 0 radical (unpaired) electrons. The van der Waals surface area contributed by atoms with Crippen molar-refractivity contribution >= 4 is 43.1 Å². The smallest absolute Gasteiger partial charge is 0.0495 e. The van der Waals surface area contributed by atoms with Gasteiger partial charge in [0.15, 0.2) is 0 Å². The van der Waals surface area contributed by atoms with E-state index < -0.39 is 0 Å². The van der Waals surface area contributed by atoms with Crippen LogP contribution in [-0.2, 0) is 0 Å². The minimum Gasteiger partial charge on any atom is -0.297 e. The summed E-state index contributed by atoms with van der Waals surface area (Å²) < 4.78 is 0. The maximum absolute atomic E-state index is 2.12. The van der Waals surface area contributed by atoms with Crippen LogP contribution in [0.2, 0.25) is 0 Å². The fraction of sp³-hybridized carbons (Fsp3) is 0.245. The van der Waals surface area contributed by atoms with Crippen LogP contribution in [0.3, 0.4) is 0 Å². The summed E-state index contributed by atoms with van der Waals surface area (Å²) in [6.45, 7) is 17.0. The molecule has 55 heavy (non-hydrogen) atoms. The molecule has 2 heteroatoms. The van der Waals surface area contributed by atoms with Crippen molar-refractivity contribution in [1.82, 2.24) is 9.80 Å². The summed E-state index contributed by atoms with van der Waals surface area (Å²) in [5.74, 6) is 0. The first-order chi connectivity index (χ1) is 27.0. The quantitative estimate of drug-likeness (QED) is 0.163. The Morgan fingerprint density at radius 3 is 0.364 bits per heavy atom. The molecule has 0 fully saturated rings. The molecule has 8 aromatic rings. The fourth-order valence-corrected chi connectivity index (χ4v) is 5.10. The first-order valence-electron chi connectivity index (χ1n) is 20.0. The van der Waals surface area contributed by atoms with Gasteiger partial charge in [-0.3, -0.25) is 9.80 Å². The summed E-state index contributed by atoms with van der Waals surface area (Å²) in [6.07, 6.45) is 0. The van der Waals surface area contributed by atoms with E-state index >= 15 is 0 Å². The van der Waals surface area contributed by atoms with Crippen molar-refractivity contribution in [3.8, 4) is 0 Å². The molecule has 0 spiro atoms. The molecule has 0 aromatic heterocycles. The SMILES string of the molecule is CC.CC.CC.CC.CN(C)CN(C)C.c1ccc2ccccc2c1.c1ccc2ccccc2c1.c1ccc2ccccc2c1.c1ccc2ccccc2c1. The summed E-state index contributed by atoms with van der Waals surface area (Å²) in [6, 6.07) is 66.9. The number of nitrogens with zero attached hydrogens (tertiary/aromatic N) is 2. The van der Waals surface area contributed by atoms with Crippen molar-refractivity contribution in [3.63, 3.8) is 0 Å². The second-order valence-corrected chi connectivity index (χ2v) is 11.7. The van der Waals surface area contributed by atoms with E-state index in [0.29, 0.717) is 0 Å². The number of fused-ring (bicyclic) bond motifs is 4. The van der Waals surface area contributed by atoms with Gasteiger partial charge in [0.2, 0.25) is 0 Å². The number of benzene rings is 8. The molecular weight excluding hydrogens is 665 g/mol. The predicted molar refractivity (Wildman–Crippen MR) is 253 cm³/mol. The molecule has 0 saturated heterocycles. The van der Waals surface area contributed by atoms with E-state index in [1.807, 2.05) is 55.4 Å². The lowest BCUT2D eigenvalue weighted by molar-refractivity contribution is 0.245. The van der Waals surface area contributed by atoms with Gasteiger partial charge in [-0.25, -0.2) is 0 Å². The first-order valence-corrected chi connectivity index (χ1v) is 20.0. The largest absolute Gasteiger partial charge is 0.297 e. The van der Waals surface area contributed by atoms with E-state index in [2.05, 4.69) is 232 Å². The fourth-order valence-electron chi connectivity index (χ4n) is 5.10. The molecule has 0 heterocycles. The van der Waals surface area contributed by atoms with Gasteiger partial charge in [0.25, 0.3) is 0 Å². The molecule has 8 rings (SSSR count). The van der Waals surface area contributed by atoms with Crippen LogP contribution in [0.15, 0.2) is 194 Å². The molecule has 2 nitrogen and oxygen atoms in total. The third-order valence-electron chi connectivity index (χ3n) is 7.20. The van der Waals surface area contributed by atoms with Crippen LogP contribution in [-0.4, -0.2) is 44.7 Å². The molecule has 8 aromatic carbocycles. The molecule has 0 saturated carbocycles. The summed E-state index contributed by atoms with van der Waals surface area (Å²) in [4.78, 5) is 4.25. The van der Waals surface area contributed by atoms with Crippen LogP contribution < -0.4 is 0 Å². The zero-order chi connectivity index (χ0) is 41.1. The van der Waals surface area contributed by atoms with Gasteiger partial charge in [-0.05, 0) is 71.3 Å². The second-order valence-electron chi connectivity index (χ2n) is 11.7. The molecule has 0 N–H and O–H groups in total. The van der Waals surface area contributed by atoms with Gasteiger partial charge in [0, 0.05) is 6.67 Å². The highest BCUT2D eigenvalue weighted by Crippen LogP contribution is 2.13. The number of rotatable bonds is 2. The zero-order valence-corrected chi connectivity index (χ0v) is 36.1. The average molecular weight is 735 g/mol. The second kappa shape index (κ2) is 33.3. The number of hydrogen-bond donors (Lipinski definition) is 0. The Morgan fingerprint density at radius 1 is 0.218 bits per heavy atom. The Balaban J connectivity index is 0.000000636. The maximum atomic E-state index is 2.12. The van der Waals surface area contributed by atoms with E-state index in [1.54, 1.807) is 0 Å². The van der Waals surface area contributed by atoms with E-state index in [-0.39, 0.29) is 0 Å². The standard InChI is InChI=1S/4C10H8.C5H14N2.4C2H6/c4*1-2-6-10-8-4-3-7-9(10)5-1;1-6(2)5-7(3)4;4*1-2/h4*1-8H;5H2,1-4H3;4*1-2H3. The molecule has 0 bridgehead atoms. The maximum Gasteiger partial charge on any atom is 0.0495 e. The summed E-state index contributed by atoms with van der Waals surface area (Å²) in [5, 5.41) is 10.5. The molecule has 292 valence electrons. The molecule has 0 amide bonds. The first kappa shape index (κ1) is 49.7. The van der Waals surface area contributed by atoms with Crippen molar-refractivity contribution in [1.29, 1.82) is 0 Å². The molecule has 0 aliphatic carbocycles. The lowest BCUT2D eigenvalue weighted by atomic mass is 10.1. The molecule has 0 aliphatic rings. The topological polar surface area (TPSA) is 6.48 Å². The van der Waals surface area contributed by atoms with Gasteiger partial charge in [0.05, 0.1) is 0 Å². The van der Waals surface area contributed by atoms with Crippen molar-refractivity contribution in [2.45, 2.75) is 55.4 Å². The van der Waals surface area contributed by atoms with E-state index in [9.17, 15) is 0 Å². The highest BCUT2D eigenvalue weighted by Gasteiger charge is 1.89. The summed E-state index contributed by atoms with van der Waals surface area (Å²) in [7, 11) is 8.22. The Hall–Kier alpha value is -5.28. The third kappa shape index (κ3) is 21.3. The molecular formula is C53H70N2. The van der Waals surface area contributed by atoms with Crippen LogP contribution in [0, 0.1) is 0 Å². The van der Waals surface area contributed by atoms with Gasteiger partial charge in [-0.15, -0.1) is 0 Å². The number of hydrogen-bond acceptors (Lipinski definition) is 2. The average Bonchev–Trinajstić information content (AvgIpc) is 3.27. The minimum atomic E-state index is 1.03. The van der Waals surface area contributed by atoms with Crippen molar-refractivity contribution in [2.75, 3.05) is 34.9 Å². The van der Waals surface area contributed by atoms with Crippen LogP contribution in [0.1, 0.15) is 55.4 Å². The lowest BCUT2D eigenvalue weighted by Crippen LogP contribution is -2.26. The van der Waals surface area contributed by atoms with Gasteiger partial charge >= 0.3 is 0 Å².